The van der Waals surface area contributed by atoms with Crippen molar-refractivity contribution in [3.05, 3.63) is 0 Å². The van der Waals surface area contributed by atoms with E-state index in [1.807, 2.05) is 6.07 Å². The lowest BCUT2D eigenvalue weighted by Crippen LogP contribution is -2.53. The molecule has 3 aliphatic rings. The summed E-state index contributed by atoms with van der Waals surface area (Å²) in [5.74, 6) is -3.88. The summed E-state index contributed by atoms with van der Waals surface area (Å²) in [6, 6.07) is 0.528. The molecule has 3 rings (SSSR count). The summed E-state index contributed by atoms with van der Waals surface area (Å²) < 4.78 is 28.2. The third-order valence-electron chi connectivity index (χ3n) is 6.01. The summed E-state index contributed by atoms with van der Waals surface area (Å²) in [5, 5.41) is 15.4. The number of carbonyl (C=O) groups is 2. The molecular weight excluding hydrogens is 370 g/mol. The van der Waals surface area contributed by atoms with Gasteiger partial charge in [0.15, 0.2) is 0 Å². The Morgan fingerprint density at radius 3 is 2.36 bits per heavy atom. The molecule has 1 saturated heterocycles. The highest BCUT2D eigenvalue weighted by Crippen LogP contribution is 2.53. The molecule has 1 spiro atoms. The molecule has 0 bridgehead atoms. The first-order valence-corrected chi connectivity index (χ1v) is 10.1. The summed E-state index contributed by atoms with van der Waals surface area (Å²) >= 11 is 0. The van der Waals surface area contributed by atoms with E-state index in [2.05, 4.69) is 10.6 Å². The van der Waals surface area contributed by atoms with Gasteiger partial charge in [0.1, 0.15) is 11.6 Å². The summed E-state index contributed by atoms with van der Waals surface area (Å²) in [7, 11) is 0. The second kappa shape index (κ2) is 7.82. The highest BCUT2D eigenvalue weighted by Gasteiger charge is 2.47. The average molecular weight is 398 g/mol. The van der Waals surface area contributed by atoms with Gasteiger partial charge in [-0.1, -0.05) is 13.3 Å². The topological polar surface area (TPSA) is 94.5 Å². The first-order chi connectivity index (χ1) is 13.2. The van der Waals surface area contributed by atoms with E-state index < -0.39 is 35.9 Å². The van der Waals surface area contributed by atoms with Gasteiger partial charge in [0.2, 0.25) is 5.91 Å². The Bertz CT molecular complexity index is 646. The van der Waals surface area contributed by atoms with Gasteiger partial charge in [0, 0.05) is 25.9 Å². The number of hydrogen-bond donors (Lipinski definition) is 2. The molecular formula is C19H28F2N4O3. The second-order valence-corrected chi connectivity index (χ2v) is 8.50. The molecule has 0 aromatic heterocycles. The largest absolute Gasteiger partial charge is 0.426 e. The number of hydroxylamine groups is 2. The van der Waals surface area contributed by atoms with Crippen molar-refractivity contribution in [2.45, 2.75) is 82.2 Å². The molecule has 28 heavy (non-hydrogen) atoms. The van der Waals surface area contributed by atoms with Crippen LogP contribution in [0.1, 0.15) is 64.7 Å². The average Bonchev–Trinajstić information content (AvgIpc) is 3.55. The molecule has 0 aromatic rings. The molecule has 1 heterocycles. The van der Waals surface area contributed by atoms with Crippen molar-refractivity contribution >= 4 is 12.0 Å². The Balaban J connectivity index is 1.56. The number of piperidine rings is 1. The smallest absolute Gasteiger partial charge is 0.351 e. The quantitative estimate of drug-likeness (QED) is 0.656. The standard InChI is InChI=1S/C19H28F2N4O3/c1-2-3-19(20,21)12-14(15(26)24-18(13-22)6-7-18)23-16(27)28-25-10-8-17(4-5-17)9-11-25/h14H,2-12H2,1H3,(H,23,27)(H,24,26)/t14-/m0/s1. The third kappa shape index (κ3) is 5.31. The number of alkyl halides is 2. The number of carbonyl (C=O) groups excluding carboxylic acids is 2. The van der Waals surface area contributed by atoms with E-state index in [0.717, 1.165) is 12.8 Å². The maximum atomic E-state index is 14.1. The second-order valence-electron chi connectivity index (χ2n) is 8.50. The van der Waals surface area contributed by atoms with Crippen molar-refractivity contribution in [3.8, 4) is 6.07 Å². The predicted molar refractivity (Wildman–Crippen MR) is 96.1 cm³/mol. The van der Waals surface area contributed by atoms with Crippen molar-refractivity contribution in [1.29, 1.82) is 5.26 Å². The lowest BCUT2D eigenvalue weighted by atomic mass is 9.95. The van der Waals surface area contributed by atoms with Gasteiger partial charge in [-0.15, -0.1) is 5.06 Å². The number of hydrogen-bond acceptors (Lipinski definition) is 5. The van der Waals surface area contributed by atoms with Gasteiger partial charge < -0.3 is 15.5 Å². The summed E-state index contributed by atoms with van der Waals surface area (Å²) in [6.45, 7) is 2.84. The monoisotopic (exact) mass is 398 g/mol. The number of halogens is 2. The van der Waals surface area contributed by atoms with Crippen LogP contribution in [-0.4, -0.2) is 47.7 Å². The SMILES string of the molecule is CCCC(F)(F)C[C@H](NC(=O)ON1CCC2(CC1)CC2)C(=O)NC1(C#N)CC1. The molecule has 1 aliphatic heterocycles. The summed E-state index contributed by atoms with van der Waals surface area (Å²) in [6.07, 6.45) is 3.40. The number of amides is 2. The fourth-order valence-electron chi connectivity index (χ4n) is 3.70. The van der Waals surface area contributed by atoms with Crippen molar-refractivity contribution < 1.29 is 23.2 Å². The lowest BCUT2D eigenvalue weighted by Gasteiger charge is -2.31. The van der Waals surface area contributed by atoms with E-state index >= 15 is 0 Å². The molecule has 0 aromatic carbocycles. The van der Waals surface area contributed by atoms with E-state index in [4.69, 9.17) is 10.1 Å². The Kier molecular flexibility index (Phi) is 5.80. The van der Waals surface area contributed by atoms with Crippen molar-refractivity contribution in [2.75, 3.05) is 13.1 Å². The van der Waals surface area contributed by atoms with Crippen LogP contribution in [0.15, 0.2) is 0 Å². The van der Waals surface area contributed by atoms with Crippen LogP contribution in [0, 0.1) is 16.7 Å². The molecule has 7 nitrogen and oxygen atoms in total. The van der Waals surface area contributed by atoms with Crippen LogP contribution in [0.2, 0.25) is 0 Å². The zero-order chi connectivity index (χ0) is 20.4. The van der Waals surface area contributed by atoms with Gasteiger partial charge in [0.25, 0.3) is 5.92 Å². The molecule has 2 amide bonds. The normalized spacial score (nSPS) is 23.4. The van der Waals surface area contributed by atoms with E-state index in [1.54, 1.807) is 6.92 Å². The number of nitrogens with one attached hydrogen (secondary N) is 2. The van der Waals surface area contributed by atoms with Crippen LogP contribution in [0.4, 0.5) is 13.6 Å². The van der Waals surface area contributed by atoms with Gasteiger partial charge in [0.05, 0.1) is 6.07 Å². The van der Waals surface area contributed by atoms with E-state index in [-0.39, 0.29) is 12.8 Å². The highest BCUT2D eigenvalue weighted by atomic mass is 19.3. The van der Waals surface area contributed by atoms with Crippen molar-refractivity contribution in [2.24, 2.45) is 5.41 Å². The maximum Gasteiger partial charge on any atom is 0.426 e. The Morgan fingerprint density at radius 2 is 1.86 bits per heavy atom. The summed E-state index contributed by atoms with van der Waals surface area (Å²) in [4.78, 5) is 29.9. The molecule has 0 unspecified atom stereocenters. The fraction of sp³-hybridized carbons (Fsp3) is 0.842. The molecule has 0 radical (unpaired) electrons. The molecule has 2 N–H and O–H groups in total. The van der Waals surface area contributed by atoms with Crippen LogP contribution in [0.3, 0.4) is 0 Å². The minimum Gasteiger partial charge on any atom is -0.351 e. The van der Waals surface area contributed by atoms with E-state index in [0.29, 0.717) is 31.3 Å². The molecule has 2 saturated carbocycles. The van der Waals surface area contributed by atoms with Crippen molar-refractivity contribution in [1.82, 2.24) is 15.7 Å². The highest BCUT2D eigenvalue weighted by molar-refractivity contribution is 5.86. The van der Waals surface area contributed by atoms with Crippen LogP contribution >= 0.6 is 0 Å². The minimum absolute atomic E-state index is 0.253. The van der Waals surface area contributed by atoms with Crippen LogP contribution in [0.5, 0.6) is 0 Å². The first-order valence-electron chi connectivity index (χ1n) is 10.1. The molecule has 2 aliphatic carbocycles. The molecule has 1 atom stereocenters. The van der Waals surface area contributed by atoms with Crippen LogP contribution < -0.4 is 10.6 Å². The zero-order valence-electron chi connectivity index (χ0n) is 16.2. The molecule has 9 heteroatoms. The van der Waals surface area contributed by atoms with Gasteiger partial charge in [-0.2, -0.15) is 5.26 Å². The molecule has 156 valence electrons. The minimum atomic E-state index is -3.10. The third-order valence-corrected chi connectivity index (χ3v) is 6.01. The Labute approximate surface area is 163 Å². The van der Waals surface area contributed by atoms with Crippen LogP contribution in [0.25, 0.3) is 0 Å². The van der Waals surface area contributed by atoms with Gasteiger partial charge in [-0.25, -0.2) is 13.6 Å². The maximum absolute atomic E-state index is 14.1. The van der Waals surface area contributed by atoms with E-state index in [1.165, 1.54) is 17.9 Å². The molecule has 3 fully saturated rings. The first kappa shape index (κ1) is 20.8. The van der Waals surface area contributed by atoms with Gasteiger partial charge >= 0.3 is 6.09 Å². The predicted octanol–water partition coefficient (Wildman–Crippen LogP) is 2.87. The number of nitriles is 1. The summed E-state index contributed by atoms with van der Waals surface area (Å²) in [5.41, 5.74) is -0.580. The van der Waals surface area contributed by atoms with E-state index in [9.17, 15) is 18.4 Å². The lowest BCUT2D eigenvalue weighted by molar-refractivity contribution is -0.132. The Hall–Kier alpha value is -1.95. The van der Waals surface area contributed by atoms with Gasteiger partial charge in [-0.05, 0) is 43.9 Å². The van der Waals surface area contributed by atoms with Crippen LogP contribution in [-0.2, 0) is 9.63 Å². The van der Waals surface area contributed by atoms with Crippen molar-refractivity contribution in [3.63, 3.8) is 0 Å². The number of nitrogens with zero attached hydrogens (tertiary/aromatic N) is 2. The van der Waals surface area contributed by atoms with Gasteiger partial charge in [-0.3, -0.25) is 4.79 Å². The fourth-order valence-corrected chi connectivity index (χ4v) is 3.70. The number of rotatable bonds is 8. The zero-order valence-corrected chi connectivity index (χ0v) is 16.2. The Morgan fingerprint density at radius 1 is 1.21 bits per heavy atom.